The van der Waals surface area contributed by atoms with Crippen LogP contribution in [0.5, 0.6) is 0 Å². The standard InChI is InChI=1S/C24H18FN5O/c25-18-9-6-10-19(13-18)27-24(31)22-21-11-4-5-12-30(21)23(28-22)20-15-29(16-26-20)14-17-7-2-1-3-8-17/h1-13,15-16H,14H2,(H,27,31). The number of halogens is 1. The topological polar surface area (TPSA) is 64.2 Å². The molecule has 1 N–H and O–H groups in total. The SMILES string of the molecule is O=C(Nc1cccc(F)c1)c1nc(-c2cn(Cc3ccccc3)cn2)n2ccccc12. The first-order chi connectivity index (χ1) is 15.2. The Kier molecular flexibility index (Phi) is 4.76. The Labute approximate surface area is 177 Å². The van der Waals surface area contributed by atoms with Crippen molar-refractivity contribution in [1.29, 1.82) is 0 Å². The van der Waals surface area contributed by atoms with Crippen molar-refractivity contribution in [2.45, 2.75) is 6.54 Å². The molecule has 0 unspecified atom stereocenters. The van der Waals surface area contributed by atoms with Crippen LogP contribution in [0.15, 0.2) is 91.5 Å². The van der Waals surface area contributed by atoms with Crippen molar-refractivity contribution in [3.8, 4) is 11.5 Å². The summed E-state index contributed by atoms with van der Waals surface area (Å²) in [6.45, 7) is 0.685. The lowest BCUT2D eigenvalue weighted by Crippen LogP contribution is -2.13. The van der Waals surface area contributed by atoms with Crippen LogP contribution in [0.1, 0.15) is 16.1 Å². The fraction of sp³-hybridized carbons (Fsp3) is 0.0417. The number of carbonyl (C=O) groups is 1. The van der Waals surface area contributed by atoms with Crippen LogP contribution in [-0.2, 0) is 6.54 Å². The zero-order valence-corrected chi connectivity index (χ0v) is 16.4. The molecule has 2 aromatic carbocycles. The first-order valence-electron chi connectivity index (χ1n) is 9.77. The van der Waals surface area contributed by atoms with Crippen LogP contribution in [-0.4, -0.2) is 24.8 Å². The number of aromatic nitrogens is 4. The van der Waals surface area contributed by atoms with E-state index in [1.54, 1.807) is 18.5 Å². The summed E-state index contributed by atoms with van der Waals surface area (Å²) in [5.74, 6) is -0.270. The zero-order chi connectivity index (χ0) is 21.2. The average Bonchev–Trinajstić information content (AvgIpc) is 3.39. The lowest BCUT2D eigenvalue weighted by atomic mass is 10.2. The molecule has 0 atom stereocenters. The van der Waals surface area contributed by atoms with Gasteiger partial charge in [-0.25, -0.2) is 14.4 Å². The van der Waals surface area contributed by atoms with Gasteiger partial charge in [0.05, 0.1) is 11.8 Å². The van der Waals surface area contributed by atoms with E-state index in [2.05, 4.69) is 27.4 Å². The number of rotatable bonds is 5. The summed E-state index contributed by atoms with van der Waals surface area (Å²) in [4.78, 5) is 22.0. The number of hydrogen-bond donors (Lipinski definition) is 1. The third-order valence-electron chi connectivity index (χ3n) is 4.92. The minimum atomic E-state index is -0.419. The van der Waals surface area contributed by atoms with Gasteiger partial charge in [-0.15, -0.1) is 0 Å². The van der Waals surface area contributed by atoms with Gasteiger partial charge >= 0.3 is 0 Å². The van der Waals surface area contributed by atoms with Crippen molar-refractivity contribution in [2.24, 2.45) is 0 Å². The van der Waals surface area contributed by atoms with Crippen LogP contribution in [0.3, 0.4) is 0 Å². The molecule has 0 saturated carbocycles. The lowest BCUT2D eigenvalue weighted by molar-refractivity contribution is 0.102. The van der Waals surface area contributed by atoms with Gasteiger partial charge in [-0.1, -0.05) is 42.5 Å². The van der Waals surface area contributed by atoms with Gasteiger partial charge in [0.25, 0.3) is 5.91 Å². The number of imidazole rings is 2. The average molecular weight is 411 g/mol. The molecule has 0 radical (unpaired) electrons. The maximum atomic E-state index is 13.5. The minimum absolute atomic E-state index is 0.248. The highest BCUT2D eigenvalue weighted by Gasteiger charge is 2.20. The van der Waals surface area contributed by atoms with Gasteiger partial charge in [-0.05, 0) is 35.9 Å². The number of pyridine rings is 1. The lowest BCUT2D eigenvalue weighted by Gasteiger charge is -2.03. The highest BCUT2D eigenvalue weighted by molar-refractivity contribution is 6.08. The van der Waals surface area contributed by atoms with Gasteiger partial charge in [0, 0.05) is 24.6 Å². The maximum absolute atomic E-state index is 13.5. The monoisotopic (exact) mass is 411 g/mol. The molecule has 0 bridgehead atoms. The molecule has 3 aromatic heterocycles. The van der Waals surface area contributed by atoms with Crippen molar-refractivity contribution in [3.63, 3.8) is 0 Å². The predicted molar refractivity (Wildman–Crippen MR) is 116 cm³/mol. The molecule has 5 aromatic rings. The minimum Gasteiger partial charge on any atom is -0.332 e. The molecule has 0 fully saturated rings. The number of nitrogens with zero attached hydrogens (tertiary/aromatic N) is 4. The van der Waals surface area contributed by atoms with E-state index >= 15 is 0 Å². The van der Waals surface area contributed by atoms with E-state index in [0.29, 0.717) is 29.3 Å². The molecule has 152 valence electrons. The second-order valence-corrected chi connectivity index (χ2v) is 7.12. The summed E-state index contributed by atoms with van der Waals surface area (Å²) in [6.07, 6.45) is 5.49. The van der Waals surface area contributed by atoms with Crippen molar-refractivity contribution < 1.29 is 9.18 Å². The van der Waals surface area contributed by atoms with E-state index in [4.69, 9.17) is 0 Å². The predicted octanol–water partition coefficient (Wildman–Crippen LogP) is 4.64. The molecule has 1 amide bonds. The van der Waals surface area contributed by atoms with Crippen molar-refractivity contribution in [3.05, 3.63) is 109 Å². The van der Waals surface area contributed by atoms with Crippen LogP contribution in [0.4, 0.5) is 10.1 Å². The first kappa shape index (κ1) is 18.7. The zero-order valence-electron chi connectivity index (χ0n) is 16.4. The van der Waals surface area contributed by atoms with Crippen molar-refractivity contribution in [2.75, 3.05) is 5.32 Å². The third-order valence-corrected chi connectivity index (χ3v) is 4.92. The van der Waals surface area contributed by atoms with Gasteiger partial charge in [0.2, 0.25) is 0 Å². The number of benzene rings is 2. The molecule has 7 heteroatoms. The van der Waals surface area contributed by atoms with E-state index in [-0.39, 0.29) is 5.69 Å². The quantitative estimate of drug-likeness (QED) is 0.458. The molecule has 3 heterocycles. The molecule has 5 rings (SSSR count). The Morgan fingerprint density at radius 3 is 2.68 bits per heavy atom. The molecule has 0 saturated heterocycles. The summed E-state index contributed by atoms with van der Waals surface area (Å²) >= 11 is 0. The van der Waals surface area contributed by atoms with Gasteiger partial charge in [-0.2, -0.15) is 0 Å². The Bertz CT molecular complexity index is 1370. The van der Waals surface area contributed by atoms with Crippen LogP contribution in [0.2, 0.25) is 0 Å². The number of carbonyl (C=O) groups excluding carboxylic acids is 1. The molecular formula is C24H18FN5O. The third kappa shape index (κ3) is 3.81. The van der Waals surface area contributed by atoms with E-state index < -0.39 is 11.7 Å². The highest BCUT2D eigenvalue weighted by Crippen LogP contribution is 2.23. The molecule has 0 spiro atoms. The van der Waals surface area contributed by atoms with Gasteiger partial charge in [0.1, 0.15) is 11.5 Å². The molecule has 0 aliphatic heterocycles. The summed E-state index contributed by atoms with van der Waals surface area (Å²) in [6, 6.07) is 21.4. The normalized spacial score (nSPS) is 11.0. The summed E-state index contributed by atoms with van der Waals surface area (Å²) in [5, 5.41) is 2.71. The Morgan fingerprint density at radius 2 is 1.84 bits per heavy atom. The first-order valence-corrected chi connectivity index (χ1v) is 9.77. The molecule has 6 nitrogen and oxygen atoms in total. The fourth-order valence-electron chi connectivity index (χ4n) is 3.50. The van der Waals surface area contributed by atoms with Gasteiger partial charge in [0.15, 0.2) is 11.5 Å². The van der Waals surface area contributed by atoms with E-state index in [9.17, 15) is 9.18 Å². The number of fused-ring (bicyclic) bond motifs is 1. The largest absolute Gasteiger partial charge is 0.332 e. The Morgan fingerprint density at radius 1 is 1.00 bits per heavy atom. The van der Waals surface area contributed by atoms with Gasteiger partial charge < -0.3 is 9.88 Å². The van der Waals surface area contributed by atoms with E-state index in [1.165, 1.54) is 12.1 Å². The van der Waals surface area contributed by atoms with Crippen molar-refractivity contribution in [1.82, 2.24) is 18.9 Å². The summed E-state index contributed by atoms with van der Waals surface area (Å²) in [7, 11) is 0. The Hall–Kier alpha value is -4.26. The molecule has 0 aliphatic rings. The fourth-order valence-corrected chi connectivity index (χ4v) is 3.50. The van der Waals surface area contributed by atoms with Crippen LogP contribution < -0.4 is 5.32 Å². The van der Waals surface area contributed by atoms with Gasteiger partial charge in [-0.3, -0.25) is 9.20 Å². The number of nitrogens with one attached hydrogen (secondary N) is 1. The van der Waals surface area contributed by atoms with E-state index in [1.807, 2.05) is 57.8 Å². The second kappa shape index (κ2) is 7.87. The smallest absolute Gasteiger partial charge is 0.276 e. The summed E-state index contributed by atoms with van der Waals surface area (Å²) in [5.41, 5.74) is 3.08. The number of hydrogen-bond acceptors (Lipinski definition) is 3. The van der Waals surface area contributed by atoms with Crippen molar-refractivity contribution >= 4 is 17.1 Å². The van der Waals surface area contributed by atoms with Crippen LogP contribution >= 0.6 is 0 Å². The van der Waals surface area contributed by atoms with E-state index in [0.717, 1.165) is 5.56 Å². The molecule has 0 aliphatic carbocycles. The molecule has 31 heavy (non-hydrogen) atoms. The number of anilines is 1. The maximum Gasteiger partial charge on any atom is 0.276 e. The molecular weight excluding hydrogens is 393 g/mol. The van der Waals surface area contributed by atoms with Crippen LogP contribution in [0, 0.1) is 5.82 Å². The highest BCUT2D eigenvalue weighted by atomic mass is 19.1. The second-order valence-electron chi connectivity index (χ2n) is 7.12. The Balaban J connectivity index is 1.49. The van der Waals surface area contributed by atoms with Crippen LogP contribution in [0.25, 0.3) is 17.0 Å². The number of amides is 1. The summed E-state index contributed by atoms with van der Waals surface area (Å²) < 4.78 is 17.3.